The summed E-state index contributed by atoms with van der Waals surface area (Å²) in [7, 11) is 1.41. The summed E-state index contributed by atoms with van der Waals surface area (Å²) in [6.45, 7) is 4.62. The minimum Gasteiger partial charge on any atom is -0.467 e. The number of ether oxygens (including phenoxy) is 2. The molecule has 0 radical (unpaired) electrons. The van der Waals surface area contributed by atoms with Gasteiger partial charge in [0.2, 0.25) is 0 Å². The third kappa shape index (κ3) is 7.98. The molecular formula is C20H30O3. The van der Waals surface area contributed by atoms with E-state index in [2.05, 4.69) is 19.1 Å². The van der Waals surface area contributed by atoms with Gasteiger partial charge in [-0.15, -0.1) is 0 Å². The van der Waals surface area contributed by atoms with Crippen LogP contribution < -0.4 is 0 Å². The molecule has 0 N–H and O–H groups in total. The molecule has 1 aromatic carbocycles. The zero-order chi connectivity index (χ0) is 16.9. The van der Waals surface area contributed by atoms with Gasteiger partial charge in [-0.05, 0) is 18.4 Å². The molecule has 0 aromatic heterocycles. The number of hydrogen-bond donors (Lipinski definition) is 0. The third-order valence-electron chi connectivity index (χ3n) is 3.85. The number of methoxy groups -OCH3 is 1. The van der Waals surface area contributed by atoms with Crippen molar-refractivity contribution in [2.45, 2.75) is 58.7 Å². The van der Waals surface area contributed by atoms with Gasteiger partial charge in [0.15, 0.2) is 6.10 Å². The molecule has 2 atom stereocenters. The maximum absolute atomic E-state index is 12.0. The van der Waals surface area contributed by atoms with E-state index in [0.717, 1.165) is 12.0 Å². The maximum Gasteiger partial charge on any atom is 0.335 e. The molecule has 0 unspecified atom stereocenters. The smallest absolute Gasteiger partial charge is 0.335 e. The average molecular weight is 318 g/mol. The topological polar surface area (TPSA) is 35.5 Å². The van der Waals surface area contributed by atoms with Gasteiger partial charge in [0.1, 0.15) is 0 Å². The lowest BCUT2D eigenvalue weighted by Gasteiger charge is -2.20. The van der Waals surface area contributed by atoms with E-state index in [1.54, 1.807) is 0 Å². The van der Waals surface area contributed by atoms with Crippen molar-refractivity contribution >= 4 is 5.97 Å². The van der Waals surface area contributed by atoms with Crippen LogP contribution in [0.1, 0.15) is 51.5 Å². The van der Waals surface area contributed by atoms with Crippen molar-refractivity contribution in [3.63, 3.8) is 0 Å². The molecule has 0 aliphatic heterocycles. The zero-order valence-corrected chi connectivity index (χ0v) is 14.7. The average Bonchev–Trinajstić information content (AvgIpc) is 2.58. The first kappa shape index (κ1) is 19.4. The van der Waals surface area contributed by atoms with Crippen LogP contribution in [0.15, 0.2) is 42.5 Å². The molecule has 0 aliphatic rings. The first-order valence-corrected chi connectivity index (χ1v) is 8.59. The highest BCUT2D eigenvalue weighted by atomic mass is 16.6. The van der Waals surface area contributed by atoms with E-state index >= 15 is 0 Å². The number of esters is 1. The summed E-state index contributed by atoms with van der Waals surface area (Å²) in [5.41, 5.74) is 1.05. The Bertz CT molecular complexity index is 453. The van der Waals surface area contributed by atoms with E-state index in [4.69, 9.17) is 9.47 Å². The molecule has 1 rings (SSSR count). The van der Waals surface area contributed by atoms with Gasteiger partial charge in [-0.25, -0.2) is 4.79 Å². The van der Waals surface area contributed by atoms with Gasteiger partial charge in [-0.1, -0.05) is 75.6 Å². The van der Waals surface area contributed by atoms with Crippen LogP contribution in [0.5, 0.6) is 0 Å². The fraction of sp³-hybridized carbons (Fsp3) is 0.550. The minimum absolute atomic E-state index is 0.00247. The lowest BCUT2D eigenvalue weighted by Crippen LogP contribution is -2.31. The van der Waals surface area contributed by atoms with Gasteiger partial charge < -0.3 is 9.47 Å². The summed E-state index contributed by atoms with van der Waals surface area (Å²) in [4.78, 5) is 12.0. The van der Waals surface area contributed by atoms with Crippen molar-refractivity contribution in [1.82, 2.24) is 0 Å². The van der Waals surface area contributed by atoms with Gasteiger partial charge in [0.05, 0.1) is 13.7 Å². The summed E-state index contributed by atoms with van der Waals surface area (Å²) >= 11 is 0. The van der Waals surface area contributed by atoms with Gasteiger partial charge in [0.25, 0.3) is 0 Å². The Morgan fingerprint density at radius 1 is 1.17 bits per heavy atom. The highest BCUT2D eigenvalue weighted by Gasteiger charge is 2.25. The number of carbonyl (C=O) groups excluding carboxylic acids is 1. The van der Waals surface area contributed by atoms with Crippen LogP contribution in [-0.2, 0) is 20.9 Å². The number of unbranched alkanes of at least 4 members (excludes halogenated alkanes) is 4. The van der Waals surface area contributed by atoms with Crippen LogP contribution in [0.2, 0.25) is 0 Å². The Kier molecular flexibility index (Phi) is 10.0. The number of carbonyl (C=O) groups is 1. The molecule has 3 heteroatoms. The SMILES string of the molecule is CCCCCC/C=C/[C@@H](C)[C@@H](OCc1ccccc1)C(=O)OC. The molecule has 0 spiro atoms. The molecular weight excluding hydrogens is 288 g/mol. The Balaban J connectivity index is 2.48. The Labute approximate surface area is 140 Å². The molecule has 0 heterocycles. The van der Waals surface area contributed by atoms with Gasteiger partial charge in [-0.3, -0.25) is 0 Å². The summed E-state index contributed by atoms with van der Waals surface area (Å²) < 4.78 is 10.7. The van der Waals surface area contributed by atoms with E-state index in [0.29, 0.717) is 6.61 Å². The largest absolute Gasteiger partial charge is 0.467 e. The molecule has 3 nitrogen and oxygen atoms in total. The number of hydrogen-bond acceptors (Lipinski definition) is 3. The lowest BCUT2D eigenvalue weighted by molar-refractivity contribution is -0.157. The van der Waals surface area contributed by atoms with Crippen molar-refractivity contribution in [1.29, 1.82) is 0 Å². The van der Waals surface area contributed by atoms with Crippen molar-refractivity contribution in [3.8, 4) is 0 Å². The van der Waals surface area contributed by atoms with Crippen LogP contribution in [0.25, 0.3) is 0 Å². The van der Waals surface area contributed by atoms with Crippen LogP contribution >= 0.6 is 0 Å². The number of rotatable bonds is 11. The van der Waals surface area contributed by atoms with E-state index in [1.807, 2.05) is 37.3 Å². The summed E-state index contributed by atoms with van der Waals surface area (Å²) in [5.74, 6) is -0.318. The second kappa shape index (κ2) is 11.9. The van der Waals surface area contributed by atoms with Crippen LogP contribution in [0.3, 0.4) is 0 Å². The van der Waals surface area contributed by atoms with Crippen LogP contribution in [-0.4, -0.2) is 19.2 Å². The van der Waals surface area contributed by atoms with Gasteiger partial charge in [-0.2, -0.15) is 0 Å². The quantitative estimate of drug-likeness (QED) is 0.330. The molecule has 0 saturated heterocycles. The Hall–Kier alpha value is -1.61. The third-order valence-corrected chi connectivity index (χ3v) is 3.85. The molecule has 0 amide bonds. The number of benzene rings is 1. The molecule has 23 heavy (non-hydrogen) atoms. The first-order chi connectivity index (χ1) is 11.2. The minimum atomic E-state index is -0.563. The van der Waals surface area contributed by atoms with E-state index in [9.17, 15) is 4.79 Å². The Morgan fingerprint density at radius 3 is 2.57 bits per heavy atom. The zero-order valence-electron chi connectivity index (χ0n) is 14.7. The second-order valence-corrected chi connectivity index (χ2v) is 5.88. The fourth-order valence-corrected chi connectivity index (χ4v) is 2.41. The van der Waals surface area contributed by atoms with E-state index < -0.39 is 6.10 Å². The molecule has 1 aromatic rings. The molecule has 0 saturated carbocycles. The van der Waals surface area contributed by atoms with Crippen molar-refractivity contribution in [3.05, 3.63) is 48.0 Å². The van der Waals surface area contributed by atoms with Crippen LogP contribution in [0, 0.1) is 5.92 Å². The molecule has 0 bridgehead atoms. The highest BCUT2D eigenvalue weighted by molar-refractivity contribution is 5.75. The van der Waals surface area contributed by atoms with Crippen molar-refractivity contribution in [2.75, 3.05) is 7.11 Å². The van der Waals surface area contributed by atoms with Crippen LogP contribution in [0.4, 0.5) is 0 Å². The fourth-order valence-electron chi connectivity index (χ4n) is 2.41. The maximum atomic E-state index is 12.0. The predicted molar refractivity (Wildman–Crippen MR) is 94.1 cm³/mol. The standard InChI is InChI=1S/C20H30O3/c1-4-5-6-7-8-10-13-17(2)19(20(21)22-3)23-16-18-14-11-9-12-15-18/h9-15,17,19H,4-8,16H2,1-3H3/b13-10+/t17-,19-/m1/s1. The monoisotopic (exact) mass is 318 g/mol. The summed E-state index contributed by atoms with van der Waals surface area (Å²) in [6, 6.07) is 9.87. The van der Waals surface area contributed by atoms with Gasteiger partial charge >= 0.3 is 5.97 Å². The summed E-state index contributed by atoms with van der Waals surface area (Å²) in [6.07, 6.45) is 9.71. The number of allylic oxidation sites excluding steroid dienone is 1. The van der Waals surface area contributed by atoms with Gasteiger partial charge in [0, 0.05) is 5.92 Å². The predicted octanol–water partition coefficient (Wildman–Crippen LogP) is 4.91. The molecule has 0 fully saturated rings. The lowest BCUT2D eigenvalue weighted by atomic mass is 10.0. The van der Waals surface area contributed by atoms with E-state index in [1.165, 1.54) is 32.8 Å². The highest BCUT2D eigenvalue weighted by Crippen LogP contribution is 2.15. The molecule has 128 valence electrons. The van der Waals surface area contributed by atoms with Crippen molar-refractivity contribution in [2.24, 2.45) is 5.92 Å². The normalized spacial score (nSPS) is 13.9. The second-order valence-electron chi connectivity index (χ2n) is 5.88. The van der Waals surface area contributed by atoms with E-state index in [-0.39, 0.29) is 11.9 Å². The first-order valence-electron chi connectivity index (χ1n) is 8.59. The Morgan fingerprint density at radius 2 is 1.91 bits per heavy atom. The molecule has 0 aliphatic carbocycles. The van der Waals surface area contributed by atoms with Crippen molar-refractivity contribution < 1.29 is 14.3 Å². The summed E-state index contributed by atoms with van der Waals surface area (Å²) in [5, 5.41) is 0.